The number of fused-ring (bicyclic) bond motifs is 2. The van der Waals surface area contributed by atoms with Gasteiger partial charge in [-0.3, -0.25) is 4.79 Å². The number of carbonyl (C=O) groups excluding carboxylic acids is 1. The van der Waals surface area contributed by atoms with Crippen LogP contribution in [0, 0.1) is 5.92 Å². The highest BCUT2D eigenvalue weighted by molar-refractivity contribution is 5.99. The first-order valence-electron chi connectivity index (χ1n) is 11.9. The summed E-state index contributed by atoms with van der Waals surface area (Å²) in [5.41, 5.74) is 2.23. The lowest BCUT2D eigenvalue weighted by Crippen LogP contribution is -2.48. The van der Waals surface area contributed by atoms with Crippen molar-refractivity contribution in [2.24, 2.45) is 5.92 Å². The van der Waals surface area contributed by atoms with Crippen molar-refractivity contribution in [3.05, 3.63) is 120 Å². The summed E-state index contributed by atoms with van der Waals surface area (Å²) in [6.07, 6.45) is -3.77. The third-order valence-corrected chi connectivity index (χ3v) is 7.09. The molecule has 0 radical (unpaired) electrons. The maximum Gasteiger partial charge on any atom is 0.586 e. The second kappa shape index (κ2) is 8.62. The van der Waals surface area contributed by atoms with Gasteiger partial charge in [-0.2, -0.15) is 0 Å². The van der Waals surface area contributed by atoms with Crippen LogP contribution in [0.2, 0.25) is 0 Å². The molecule has 0 bridgehead atoms. The van der Waals surface area contributed by atoms with Crippen molar-refractivity contribution in [3.8, 4) is 17.2 Å². The number of hydrogen-bond acceptors (Lipinski definition) is 4. The second-order valence-corrected chi connectivity index (χ2v) is 9.10. The number of benzene rings is 4. The van der Waals surface area contributed by atoms with Crippen molar-refractivity contribution in [2.75, 3.05) is 18.6 Å². The second-order valence-electron chi connectivity index (χ2n) is 9.10. The van der Waals surface area contributed by atoms with Gasteiger partial charge in [-0.15, -0.1) is 8.78 Å². The Bertz CT molecular complexity index is 1350. The molecule has 186 valence electrons. The molecular weight excluding hydrogens is 476 g/mol. The van der Waals surface area contributed by atoms with Crippen LogP contribution in [0.5, 0.6) is 17.2 Å². The van der Waals surface area contributed by atoms with Crippen LogP contribution < -0.4 is 19.1 Å². The molecule has 6 rings (SSSR count). The van der Waals surface area contributed by atoms with E-state index in [0.29, 0.717) is 5.69 Å². The molecule has 0 saturated carbocycles. The number of hydrogen-bond donors (Lipinski definition) is 0. The molecule has 0 unspecified atom stereocenters. The van der Waals surface area contributed by atoms with E-state index in [4.69, 9.17) is 4.74 Å². The van der Waals surface area contributed by atoms with Crippen LogP contribution >= 0.6 is 0 Å². The summed E-state index contributed by atoms with van der Waals surface area (Å²) in [6.45, 7) is 0.00485. The minimum Gasteiger partial charge on any atom is -0.490 e. The number of nitrogens with zero attached hydrogens (tertiary/aromatic N) is 1. The highest BCUT2D eigenvalue weighted by Crippen LogP contribution is 2.51. The largest absolute Gasteiger partial charge is 0.586 e. The van der Waals surface area contributed by atoms with Crippen molar-refractivity contribution in [1.29, 1.82) is 0 Å². The van der Waals surface area contributed by atoms with Gasteiger partial charge in [0.2, 0.25) is 5.91 Å². The molecular formula is C30H23F2NO4. The van der Waals surface area contributed by atoms with Crippen LogP contribution in [0.3, 0.4) is 0 Å². The summed E-state index contributed by atoms with van der Waals surface area (Å²) in [4.78, 5) is 15.8. The van der Waals surface area contributed by atoms with E-state index in [0.717, 1.165) is 16.7 Å². The average Bonchev–Trinajstić information content (AvgIpc) is 3.18. The smallest absolute Gasteiger partial charge is 0.490 e. The topological polar surface area (TPSA) is 48.0 Å². The number of amides is 1. The number of carbonyl (C=O) groups is 1. The van der Waals surface area contributed by atoms with Crippen molar-refractivity contribution in [1.82, 2.24) is 0 Å². The van der Waals surface area contributed by atoms with Crippen LogP contribution in [-0.2, 0) is 10.2 Å². The van der Waals surface area contributed by atoms with Crippen LogP contribution in [-0.4, -0.2) is 25.9 Å². The molecule has 2 aliphatic rings. The van der Waals surface area contributed by atoms with E-state index in [1.807, 2.05) is 91.0 Å². The van der Waals surface area contributed by atoms with E-state index in [-0.39, 0.29) is 29.8 Å². The fourth-order valence-electron chi connectivity index (χ4n) is 5.46. The third kappa shape index (κ3) is 3.69. The van der Waals surface area contributed by atoms with Gasteiger partial charge in [0, 0.05) is 19.2 Å². The molecule has 37 heavy (non-hydrogen) atoms. The molecule has 2 aliphatic heterocycles. The van der Waals surface area contributed by atoms with E-state index in [1.54, 1.807) is 7.05 Å². The molecule has 0 fully saturated rings. The first-order chi connectivity index (χ1) is 17.9. The molecule has 0 aliphatic carbocycles. The molecule has 7 heteroatoms. The highest BCUT2D eigenvalue weighted by Gasteiger charge is 2.51. The predicted molar refractivity (Wildman–Crippen MR) is 134 cm³/mol. The van der Waals surface area contributed by atoms with Crippen molar-refractivity contribution >= 4 is 11.6 Å². The fraction of sp³-hybridized carbons (Fsp3) is 0.167. The monoisotopic (exact) mass is 499 g/mol. The lowest BCUT2D eigenvalue weighted by Gasteiger charge is -2.41. The standard InChI is InChI=1S/C30H23F2NO4/c1-33-24-17-26-27(37-30(31,32)36-26)18-25(24)35-19-23(28(33)34)29(20-11-5-2-6-12-20,21-13-7-3-8-14-21)22-15-9-4-10-16-22/h2-18,23H,19H2,1H3/t23-/m0/s1. The number of ether oxygens (including phenoxy) is 3. The predicted octanol–water partition coefficient (Wildman–Crippen LogP) is 6.01. The van der Waals surface area contributed by atoms with Crippen LogP contribution in [0.1, 0.15) is 16.7 Å². The number of anilines is 1. The molecule has 0 N–H and O–H groups in total. The Labute approximate surface area is 212 Å². The van der Waals surface area contributed by atoms with Gasteiger partial charge in [0.15, 0.2) is 11.5 Å². The zero-order valence-electron chi connectivity index (χ0n) is 19.9. The van der Waals surface area contributed by atoms with Gasteiger partial charge in [-0.25, -0.2) is 0 Å². The summed E-state index contributed by atoms with van der Waals surface area (Å²) in [6, 6.07) is 32.4. The Kier molecular flexibility index (Phi) is 5.37. The zero-order valence-corrected chi connectivity index (χ0v) is 19.9. The van der Waals surface area contributed by atoms with Gasteiger partial charge >= 0.3 is 6.29 Å². The Morgan fingerprint density at radius 2 is 1.22 bits per heavy atom. The van der Waals surface area contributed by atoms with Gasteiger partial charge < -0.3 is 19.1 Å². The van der Waals surface area contributed by atoms with Gasteiger partial charge in [0.1, 0.15) is 12.4 Å². The molecule has 2 heterocycles. The maximum absolute atomic E-state index is 14.3. The lowest BCUT2D eigenvalue weighted by atomic mass is 9.61. The number of rotatable bonds is 4. The van der Waals surface area contributed by atoms with E-state index in [2.05, 4.69) is 9.47 Å². The third-order valence-electron chi connectivity index (χ3n) is 7.09. The fourth-order valence-corrected chi connectivity index (χ4v) is 5.46. The van der Waals surface area contributed by atoms with E-state index < -0.39 is 17.6 Å². The van der Waals surface area contributed by atoms with E-state index >= 15 is 0 Å². The molecule has 0 saturated heterocycles. The molecule has 4 aromatic carbocycles. The Balaban J connectivity index is 1.55. The molecule has 4 aromatic rings. The minimum absolute atomic E-state index is 0.00485. The van der Waals surface area contributed by atoms with Gasteiger partial charge in [0.05, 0.1) is 17.0 Å². The summed E-state index contributed by atoms with van der Waals surface area (Å²) >= 11 is 0. The zero-order chi connectivity index (χ0) is 25.6. The van der Waals surface area contributed by atoms with Gasteiger partial charge in [0.25, 0.3) is 0 Å². The Morgan fingerprint density at radius 3 is 1.70 bits per heavy atom. The first-order valence-corrected chi connectivity index (χ1v) is 11.9. The molecule has 5 nitrogen and oxygen atoms in total. The first kappa shape index (κ1) is 23.0. The Hall–Kier alpha value is -4.39. The molecule has 1 atom stereocenters. The number of halogens is 2. The maximum atomic E-state index is 14.3. The van der Waals surface area contributed by atoms with Gasteiger partial charge in [-0.1, -0.05) is 91.0 Å². The lowest BCUT2D eigenvalue weighted by molar-refractivity contribution is -0.286. The van der Waals surface area contributed by atoms with E-state index in [1.165, 1.54) is 17.0 Å². The minimum atomic E-state index is -3.77. The van der Waals surface area contributed by atoms with Crippen LogP contribution in [0.15, 0.2) is 103 Å². The quantitative estimate of drug-likeness (QED) is 0.323. The van der Waals surface area contributed by atoms with Crippen LogP contribution in [0.4, 0.5) is 14.5 Å². The summed E-state index contributed by atoms with van der Waals surface area (Å²) in [5.74, 6) is -0.938. The summed E-state index contributed by atoms with van der Waals surface area (Å²) in [7, 11) is 1.62. The average molecular weight is 500 g/mol. The van der Waals surface area contributed by atoms with Crippen LogP contribution in [0.25, 0.3) is 0 Å². The summed E-state index contributed by atoms with van der Waals surface area (Å²) < 4.78 is 42.9. The normalized spacial score (nSPS) is 18.1. The molecule has 1 amide bonds. The highest BCUT2D eigenvalue weighted by atomic mass is 19.3. The van der Waals surface area contributed by atoms with Crippen molar-refractivity contribution in [3.63, 3.8) is 0 Å². The van der Waals surface area contributed by atoms with Crippen molar-refractivity contribution < 1.29 is 27.8 Å². The Morgan fingerprint density at radius 1 is 0.757 bits per heavy atom. The molecule has 0 spiro atoms. The molecule has 0 aromatic heterocycles. The van der Waals surface area contributed by atoms with Gasteiger partial charge in [-0.05, 0) is 16.7 Å². The SMILES string of the molecule is CN1C(=O)[C@@H](C(c2ccccc2)(c2ccccc2)c2ccccc2)COc2cc3c(cc21)OC(F)(F)O3. The number of alkyl halides is 2. The van der Waals surface area contributed by atoms with E-state index in [9.17, 15) is 13.6 Å². The van der Waals surface area contributed by atoms with Crippen molar-refractivity contribution in [2.45, 2.75) is 11.7 Å². The summed E-state index contributed by atoms with van der Waals surface area (Å²) in [5, 5.41) is 0.